The van der Waals surface area contributed by atoms with Crippen molar-refractivity contribution < 1.29 is 4.74 Å². The summed E-state index contributed by atoms with van der Waals surface area (Å²) in [5, 5.41) is 0.471. The third-order valence-corrected chi connectivity index (χ3v) is 4.74. The highest BCUT2D eigenvalue weighted by atomic mass is 127. The van der Waals surface area contributed by atoms with E-state index in [1.54, 1.807) is 7.11 Å². The second-order valence-corrected chi connectivity index (χ2v) is 6.76. The van der Waals surface area contributed by atoms with E-state index >= 15 is 0 Å². The maximum absolute atomic E-state index is 6.19. The maximum atomic E-state index is 6.19. The summed E-state index contributed by atoms with van der Waals surface area (Å²) >= 11 is 8.34. The molecule has 0 saturated carbocycles. The van der Waals surface area contributed by atoms with E-state index in [-0.39, 0.29) is 0 Å². The van der Waals surface area contributed by atoms with E-state index in [1.807, 2.05) is 12.1 Å². The first kappa shape index (κ1) is 16.6. The molecule has 0 spiro atoms. The normalized spacial score (nSPS) is 11.1. The molecule has 2 rings (SSSR count). The van der Waals surface area contributed by atoms with Gasteiger partial charge >= 0.3 is 0 Å². The number of methoxy groups -OCH3 is 1. The quantitative estimate of drug-likeness (QED) is 0.521. The van der Waals surface area contributed by atoms with Gasteiger partial charge in [-0.25, -0.2) is 9.97 Å². The van der Waals surface area contributed by atoms with Gasteiger partial charge in [-0.15, -0.1) is 0 Å². The van der Waals surface area contributed by atoms with Crippen LogP contribution in [0.4, 0.5) is 0 Å². The summed E-state index contributed by atoms with van der Waals surface area (Å²) < 4.78 is 6.01. The monoisotopic (exact) mass is 416 g/mol. The van der Waals surface area contributed by atoms with Gasteiger partial charge in [-0.1, -0.05) is 49.7 Å². The van der Waals surface area contributed by atoms with Crippen LogP contribution in [0.2, 0.25) is 5.15 Å². The van der Waals surface area contributed by atoms with Gasteiger partial charge in [-0.05, 0) is 40.5 Å². The molecule has 0 amide bonds. The summed E-state index contributed by atoms with van der Waals surface area (Å²) in [6.45, 7) is 4.86. The highest BCUT2D eigenvalue weighted by molar-refractivity contribution is 14.1. The summed E-state index contributed by atoms with van der Waals surface area (Å²) in [5.41, 5.74) is 3.11. The first-order valence-corrected chi connectivity index (χ1v) is 8.27. The molecule has 0 aliphatic rings. The van der Waals surface area contributed by atoms with Crippen LogP contribution in [0.15, 0.2) is 24.3 Å². The molecule has 0 atom stereocenters. The Kier molecular flexibility index (Phi) is 5.96. The van der Waals surface area contributed by atoms with Crippen molar-refractivity contribution in [2.45, 2.75) is 26.9 Å². The van der Waals surface area contributed by atoms with Crippen LogP contribution in [0, 0.1) is 9.49 Å². The van der Waals surface area contributed by atoms with E-state index in [2.05, 4.69) is 58.5 Å². The Labute approximate surface area is 144 Å². The maximum Gasteiger partial charge on any atom is 0.161 e. The van der Waals surface area contributed by atoms with Crippen LogP contribution in [0.5, 0.6) is 0 Å². The number of hydrogen-bond donors (Lipinski definition) is 0. The minimum absolute atomic E-state index is 0.430. The number of rotatable bonds is 5. The molecule has 0 N–H and O–H groups in total. The van der Waals surface area contributed by atoms with Gasteiger partial charge in [-0.2, -0.15) is 0 Å². The molecule has 3 nitrogen and oxygen atoms in total. The molecule has 0 aliphatic heterocycles. The Bertz CT molecular complexity index is 614. The van der Waals surface area contributed by atoms with Crippen LogP contribution in [-0.4, -0.2) is 17.1 Å². The number of ether oxygens (including phenoxy) is 1. The van der Waals surface area contributed by atoms with E-state index in [9.17, 15) is 0 Å². The summed E-state index contributed by atoms with van der Waals surface area (Å²) in [5.74, 6) is 1.29. The lowest BCUT2D eigenvalue weighted by molar-refractivity contribution is 0.181. The lowest BCUT2D eigenvalue weighted by atomic mass is 10.0. The molecule has 112 valence electrons. The van der Waals surface area contributed by atoms with E-state index in [1.165, 1.54) is 5.56 Å². The zero-order valence-electron chi connectivity index (χ0n) is 12.4. The van der Waals surface area contributed by atoms with Gasteiger partial charge in [0.1, 0.15) is 5.15 Å². The van der Waals surface area contributed by atoms with E-state index in [0.29, 0.717) is 23.5 Å². The van der Waals surface area contributed by atoms with Gasteiger partial charge in [-0.3, -0.25) is 0 Å². The Balaban J connectivity index is 2.33. The molecule has 0 saturated heterocycles. The highest BCUT2D eigenvalue weighted by Gasteiger charge is 2.12. The number of nitrogens with zero attached hydrogens (tertiary/aromatic N) is 2. The second-order valence-electron chi connectivity index (χ2n) is 5.33. The van der Waals surface area contributed by atoms with Crippen LogP contribution in [-0.2, 0) is 17.8 Å². The van der Waals surface area contributed by atoms with Crippen LogP contribution >= 0.6 is 34.2 Å². The molecule has 0 aliphatic carbocycles. The van der Waals surface area contributed by atoms with Crippen molar-refractivity contribution in [3.63, 3.8) is 0 Å². The SMILES string of the molecule is COCc1nc(-c2ccc(CC(C)C)cc2)nc(Cl)c1I. The van der Waals surface area contributed by atoms with Gasteiger partial charge in [0.25, 0.3) is 0 Å². The fourth-order valence-electron chi connectivity index (χ4n) is 2.09. The van der Waals surface area contributed by atoms with E-state index < -0.39 is 0 Å². The van der Waals surface area contributed by atoms with E-state index in [0.717, 1.165) is 21.2 Å². The van der Waals surface area contributed by atoms with Crippen LogP contribution in [0.1, 0.15) is 25.1 Å². The number of hydrogen-bond acceptors (Lipinski definition) is 3. The molecule has 0 unspecified atom stereocenters. The Morgan fingerprint density at radius 2 is 1.86 bits per heavy atom. The average molecular weight is 417 g/mol. The van der Waals surface area contributed by atoms with Crippen LogP contribution in [0.3, 0.4) is 0 Å². The number of aromatic nitrogens is 2. The summed E-state index contributed by atoms with van der Waals surface area (Å²) in [6, 6.07) is 8.35. The van der Waals surface area contributed by atoms with Gasteiger partial charge in [0.15, 0.2) is 5.82 Å². The Hall–Kier alpha value is -0.720. The lowest BCUT2D eigenvalue weighted by Gasteiger charge is -2.09. The minimum atomic E-state index is 0.430. The average Bonchev–Trinajstić information content (AvgIpc) is 2.44. The third kappa shape index (κ3) is 4.37. The molecule has 21 heavy (non-hydrogen) atoms. The molecule has 0 radical (unpaired) electrons. The van der Waals surface area contributed by atoms with Crippen molar-refractivity contribution in [1.82, 2.24) is 9.97 Å². The largest absolute Gasteiger partial charge is 0.378 e. The molecule has 0 fully saturated rings. The first-order chi connectivity index (χ1) is 10.0. The van der Waals surface area contributed by atoms with Crippen LogP contribution < -0.4 is 0 Å². The molecular weight excluding hydrogens is 399 g/mol. The molecule has 1 aromatic carbocycles. The zero-order valence-corrected chi connectivity index (χ0v) is 15.3. The minimum Gasteiger partial charge on any atom is -0.378 e. The van der Waals surface area contributed by atoms with Crippen molar-refractivity contribution in [2.75, 3.05) is 7.11 Å². The summed E-state index contributed by atoms with van der Waals surface area (Å²) in [7, 11) is 1.65. The predicted molar refractivity (Wildman–Crippen MR) is 94.5 cm³/mol. The predicted octanol–water partition coefficient (Wildman–Crippen LogP) is 4.75. The molecule has 2 aromatic rings. The van der Waals surface area contributed by atoms with Crippen molar-refractivity contribution in [3.8, 4) is 11.4 Å². The van der Waals surface area contributed by atoms with Crippen molar-refractivity contribution in [1.29, 1.82) is 0 Å². The summed E-state index contributed by atoms with van der Waals surface area (Å²) in [6.07, 6.45) is 1.07. The van der Waals surface area contributed by atoms with Gasteiger partial charge in [0.2, 0.25) is 0 Å². The summed E-state index contributed by atoms with van der Waals surface area (Å²) in [4.78, 5) is 8.92. The molecule has 1 heterocycles. The van der Waals surface area contributed by atoms with Gasteiger partial charge < -0.3 is 4.74 Å². The van der Waals surface area contributed by atoms with Crippen LogP contribution in [0.25, 0.3) is 11.4 Å². The number of benzene rings is 1. The van der Waals surface area contributed by atoms with Crippen molar-refractivity contribution in [3.05, 3.63) is 44.2 Å². The first-order valence-electron chi connectivity index (χ1n) is 6.81. The van der Waals surface area contributed by atoms with Gasteiger partial charge in [0, 0.05) is 12.7 Å². The fourth-order valence-corrected chi connectivity index (χ4v) is 2.67. The third-order valence-electron chi connectivity index (χ3n) is 3.02. The lowest BCUT2D eigenvalue weighted by Crippen LogP contribution is -2.02. The Morgan fingerprint density at radius 1 is 1.19 bits per heavy atom. The van der Waals surface area contributed by atoms with Crippen molar-refractivity contribution in [2.24, 2.45) is 5.92 Å². The van der Waals surface area contributed by atoms with Crippen molar-refractivity contribution >= 4 is 34.2 Å². The smallest absolute Gasteiger partial charge is 0.161 e. The molecule has 1 aromatic heterocycles. The molecular formula is C16H18ClIN2O. The van der Waals surface area contributed by atoms with Gasteiger partial charge in [0.05, 0.1) is 15.9 Å². The highest BCUT2D eigenvalue weighted by Crippen LogP contribution is 2.25. The standard InChI is InChI=1S/C16H18ClIN2O/c1-10(2)8-11-4-6-12(7-5-11)16-19-13(9-21-3)14(18)15(17)20-16/h4-7,10H,8-9H2,1-3H3. The molecule has 5 heteroatoms. The second kappa shape index (κ2) is 7.51. The Morgan fingerprint density at radius 3 is 2.43 bits per heavy atom. The molecule has 0 bridgehead atoms. The van der Waals surface area contributed by atoms with E-state index in [4.69, 9.17) is 16.3 Å². The zero-order chi connectivity index (χ0) is 15.4. The number of halogens is 2. The topological polar surface area (TPSA) is 35.0 Å². The fraction of sp³-hybridized carbons (Fsp3) is 0.375.